The Morgan fingerprint density at radius 2 is 2.29 bits per heavy atom. The van der Waals surface area contributed by atoms with Crippen LogP contribution in [0.2, 0.25) is 0 Å². The van der Waals surface area contributed by atoms with E-state index in [2.05, 4.69) is 50.2 Å². The minimum Gasteiger partial charge on any atom is -0.346 e. The first kappa shape index (κ1) is 12.5. The number of benzene rings is 1. The van der Waals surface area contributed by atoms with Gasteiger partial charge >= 0.3 is 0 Å². The lowest BCUT2D eigenvalue weighted by atomic mass is 9.92. The van der Waals surface area contributed by atoms with E-state index < -0.39 is 0 Å². The van der Waals surface area contributed by atoms with Gasteiger partial charge < -0.3 is 5.32 Å². The highest BCUT2D eigenvalue weighted by atomic mass is 16.2. The van der Waals surface area contributed by atoms with Gasteiger partial charge in [0, 0.05) is 5.92 Å². The zero-order chi connectivity index (χ0) is 14.4. The Morgan fingerprint density at radius 3 is 3.10 bits per heavy atom. The molecule has 2 aliphatic rings. The van der Waals surface area contributed by atoms with Gasteiger partial charge in [-0.25, -0.2) is 0 Å². The van der Waals surface area contributed by atoms with Crippen molar-refractivity contribution in [1.82, 2.24) is 25.9 Å². The van der Waals surface area contributed by atoms with Crippen LogP contribution in [-0.4, -0.2) is 26.5 Å². The molecular formula is C15H17N5O. The minimum absolute atomic E-state index is 0.100. The lowest BCUT2D eigenvalue weighted by Gasteiger charge is -2.13. The predicted molar refractivity (Wildman–Crippen MR) is 75.2 cm³/mol. The number of amides is 1. The molecule has 1 aromatic carbocycles. The molecule has 2 N–H and O–H groups in total. The van der Waals surface area contributed by atoms with Crippen molar-refractivity contribution in [2.75, 3.05) is 0 Å². The molecule has 1 heterocycles. The van der Waals surface area contributed by atoms with Crippen LogP contribution in [0.15, 0.2) is 24.3 Å². The fourth-order valence-electron chi connectivity index (χ4n) is 3.65. The smallest absolute Gasteiger partial charge is 0.224 e. The lowest BCUT2D eigenvalue weighted by Crippen LogP contribution is -2.29. The quantitative estimate of drug-likeness (QED) is 0.890. The first-order valence-corrected chi connectivity index (χ1v) is 7.37. The fraction of sp³-hybridized carbons (Fsp3) is 0.467. The molecule has 0 radical (unpaired) electrons. The molecule has 4 atom stereocenters. The van der Waals surface area contributed by atoms with E-state index >= 15 is 0 Å². The molecule has 4 unspecified atom stereocenters. The first-order chi connectivity index (χ1) is 10.3. The number of tetrazole rings is 1. The number of nitrogens with one attached hydrogen (secondary N) is 2. The van der Waals surface area contributed by atoms with Crippen LogP contribution in [0.5, 0.6) is 0 Å². The predicted octanol–water partition coefficient (Wildman–Crippen LogP) is 1.35. The molecule has 6 heteroatoms. The van der Waals surface area contributed by atoms with Crippen LogP contribution in [0, 0.1) is 11.8 Å². The van der Waals surface area contributed by atoms with Crippen molar-refractivity contribution in [3.05, 3.63) is 41.2 Å². The summed E-state index contributed by atoms with van der Waals surface area (Å²) in [7, 11) is 0. The third-order valence-corrected chi connectivity index (χ3v) is 4.74. The van der Waals surface area contributed by atoms with Crippen LogP contribution in [-0.2, 0) is 11.2 Å². The Hall–Kier alpha value is -2.24. The summed E-state index contributed by atoms with van der Waals surface area (Å²) in [4.78, 5) is 12.5. The van der Waals surface area contributed by atoms with Crippen LogP contribution in [0.4, 0.5) is 0 Å². The van der Waals surface area contributed by atoms with E-state index in [0.29, 0.717) is 17.7 Å². The topological polar surface area (TPSA) is 83.6 Å². The van der Waals surface area contributed by atoms with Crippen LogP contribution in [0.25, 0.3) is 0 Å². The Kier molecular flexibility index (Phi) is 2.77. The van der Waals surface area contributed by atoms with Crippen LogP contribution < -0.4 is 5.32 Å². The van der Waals surface area contributed by atoms with E-state index in [-0.39, 0.29) is 17.9 Å². The Morgan fingerprint density at radius 1 is 1.43 bits per heavy atom. The molecule has 21 heavy (non-hydrogen) atoms. The van der Waals surface area contributed by atoms with E-state index in [1.165, 1.54) is 11.1 Å². The monoisotopic (exact) mass is 283 g/mol. The number of H-pyrrole nitrogens is 1. The second kappa shape index (κ2) is 4.65. The highest BCUT2D eigenvalue weighted by Crippen LogP contribution is 2.59. The van der Waals surface area contributed by atoms with Crippen LogP contribution >= 0.6 is 0 Å². The van der Waals surface area contributed by atoms with Crippen molar-refractivity contribution < 1.29 is 4.79 Å². The van der Waals surface area contributed by atoms with Gasteiger partial charge in [-0.2, -0.15) is 5.21 Å². The summed E-state index contributed by atoms with van der Waals surface area (Å²) < 4.78 is 0. The molecule has 4 rings (SSSR count). The summed E-state index contributed by atoms with van der Waals surface area (Å²) in [6.45, 7) is 1.88. The highest BCUT2D eigenvalue weighted by molar-refractivity contribution is 5.84. The molecule has 1 saturated carbocycles. The van der Waals surface area contributed by atoms with Gasteiger partial charge in [0.25, 0.3) is 0 Å². The van der Waals surface area contributed by atoms with Gasteiger partial charge in [-0.15, -0.1) is 10.2 Å². The molecule has 0 bridgehead atoms. The van der Waals surface area contributed by atoms with Gasteiger partial charge in [-0.1, -0.05) is 29.5 Å². The average Bonchev–Trinajstić information content (AvgIpc) is 2.99. The number of carbonyl (C=O) groups is 1. The van der Waals surface area contributed by atoms with E-state index in [1.54, 1.807) is 0 Å². The van der Waals surface area contributed by atoms with Crippen molar-refractivity contribution in [3.8, 4) is 0 Å². The van der Waals surface area contributed by atoms with E-state index in [4.69, 9.17) is 0 Å². The molecule has 2 aliphatic carbocycles. The zero-order valence-corrected chi connectivity index (χ0v) is 11.8. The van der Waals surface area contributed by atoms with Crippen molar-refractivity contribution in [2.24, 2.45) is 11.8 Å². The molecule has 2 aromatic rings. The molecule has 108 valence electrons. The number of carbonyl (C=O) groups excluding carboxylic acids is 1. The van der Waals surface area contributed by atoms with Crippen molar-refractivity contribution >= 4 is 5.91 Å². The second-order valence-electron chi connectivity index (χ2n) is 5.95. The molecule has 1 fully saturated rings. The summed E-state index contributed by atoms with van der Waals surface area (Å²) in [5.74, 6) is 1.62. The maximum absolute atomic E-state index is 12.5. The SMILES string of the molecule is CC(NC(=O)C1C2CCc3ccccc3C21)c1nn[nH]n1. The molecule has 1 aromatic heterocycles. The van der Waals surface area contributed by atoms with Gasteiger partial charge in [-0.05, 0) is 42.7 Å². The highest BCUT2D eigenvalue weighted by Gasteiger charge is 2.57. The number of aromatic nitrogens is 4. The third kappa shape index (κ3) is 2.02. The molecule has 1 amide bonds. The van der Waals surface area contributed by atoms with Crippen LogP contribution in [0.1, 0.15) is 42.3 Å². The van der Waals surface area contributed by atoms with Crippen LogP contribution in [0.3, 0.4) is 0 Å². The van der Waals surface area contributed by atoms with Gasteiger partial charge in [0.05, 0.1) is 6.04 Å². The summed E-state index contributed by atoms with van der Waals surface area (Å²) in [6, 6.07) is 8.28. The number of fused-ring (bicyclic) bond motifs is 3. The Bertz CT molecular complexity index is 668. The normalized spacial score (nSPS) is 27.4. The van der Waals surface area contributed by atoms with Crippen molar-refractivity contribution in [3.63, 3.8) is 0 Å². The first-order valence-electron chi connectivity index (χ1n) is 7.37. The third-order valence-electron chi connectivity index (χ3n) is 4.74. The van der Waals surface area contributed by atoms with Crippen molar-refractivity contribution in [2.45, 2.75) is 31.7 Å². The fourth-order valence-corrected chi connectivity index (χ4v) is 3.65. The lowest BCUT2D eigenvalue weighted by molar-refractivity contribution is -0.123. The number of hydrogen-bond donors (Lipinski definition) is 2. The molecule has 6 nitrogen and oxygen atoms in total. The zero-order valence-electron chi connectivity index (χ0n) is 11.8. The maximum atomic E-state index is 12.5. The number of aromatic amines is 1. The van der Waals surface area contributed by atoms with E-state index in [0.717, 1.165) is 12.8 Å². The summed E-state index contributed by atoms with van der Waals surface area (Å²) in [6.07, 6.45) is 2.19. The number of hydrogen-bond acceptors (Lipinski definition) is 4. The number of nitrogens with zero attached hydrogens (tertiary/aromatic N) is 3. The average molecular weight is 283 g/mol. The van der Waals surface area contributed by atoms with Gasteiger partial charge in [0.15, 0.2) is 5.82 Å². The number of aryl methyl sites for hydroxylation is 1. The Labute approximate surface area is 122 Å². The molecule has 0 aliphatic heterocycles. The minimum atomic E-state index is -0.214. The summed E-state index contributed by atoms with van der Waals surface area (Å²) in [5, 5.41) is 16.8. The summed E-state index contributed by atoms with van der Waals surface area (Å²) in [5.41, 5.74) is 2.77. The molecule has 0 saturated heterocycles. The van der Waals surface area contributed by atoms with E-state index in [9.17, 15) is 4.79 Å². The van der Waals surface area contributed by atoms with Gasteiger partial charge in [0.1, 0.15) is 0 Å². The molecular weight excluding hydrogens is 266 g/mol. The second-order valence-corrected chi connectivity index (χ2v) is 5.95. The van der Waals surface area contributed by atoms with Gasteiger partial charge in [0.2, 0.25) is 5.91 Å². The molecule has 0 spiro atoms. The van der Waals surface area contributed by atoms with Crippen molar-refractivity contribution in [1.29, 1.82) is 0 Å². The van der Waals surface area contributed by atoms with Gasteiger partial charge in [-0.3, -0.25) is 4.79 Å². The van der Waals surface area contributed by atoms with E-state index in [1.807, 2.05) is 6.92 Å². The Balaban J connectivity index is 1.48. The maximum Gasteiger partial charge on any atom is 0.224 e. The summed E-state index contributed by atoms with van der Waals surface area (Å²) >= 11 is 0. The number of rotatable bonds is 3. The standard InChI is InChI=1S/C15H17N5O/c1-8(14-17-19-20-18-14)16-15(21)13-11-7-6-9-4-2-3-5-10(9)12(11)13/h2-5,8,11-13H,6-7H2,1H3,(H,16,21)(H,17,18,19,20). The largest absolute Gasteiger partial charge is 0.346 e.